The van der Waals surface area contributed by atoms with Gasteiger partial charge in [-0.2, -0.15) is 0 Å². The summed E-state index contributed by atoms with van der Waals surface area (Å²) >= 11 is 6.24. The van der Waals surface area contributed by atoms with Gasteiger partial charge in [-0.3, -0.25) is 4.79 Å². The highest BCUT2D eigenvalue weighted by atomic mass is 32.1. The Kier molecular flexibility index (Phi) is 5.64. The molecule has 0 radical (unpaired) electrons. The lowest BCUT2D eigenvalue weighted by Crippen LogP contribution is -2.45. The van der Waals surface area contributed by atoms with Crippen LogP contribution < -0.4 is 11.1 Å². The van der Waals surface area contributed by atoms with Gasteiger partial charge in [0, 0.05) is 0 Å². The number of anilines is 1. The molecule has 0 aliphatic heterocycles. The summed E-state index contributed by atoms with van der Waals surface area (Å²) in [6.45, 7) is 3.72. The lowest BCUT2D eigenvalue weighted by molar-refractivity contribution is -0.122. The lowest BCUT2D eigenvalue weighted by atomic mass is 9.81. The minimum atomic E-state index is -0.898. The molecule has 3 N–H and O–H groups in total. The Morgan fingerprint density at radius 3 is 2.50 bits per heavy atom. The molecule has 1 aromatic heterocycles. The summed E-state index contributed by atoms with van der Waals surface area (Å²) < 4.78 is 4.67. The van der Waals surface area contributed by atoms with Gasteiger partial charge >= 0.3 is 5.97 Å². The van der Waals surface area contributed by atoms with Crippen LogP contribution in [-0.2, 0) is 9.53 Å². The van der Waals surface area contributed by atoms with Crippen LogP contribution in [0, 0.1) is 5.41 Å². The van der Waals surface area contributed by atoms with Gasteiger partial charge in [-0.15, -0.1) is 11.3 Å². The van der Waals surface area contributed by atoms with Gasteiger partial charge in [-0.05, 0) is 24.3 Å². The average molecular weight is 314 g/mol. The maximum atomic E-state index is 12.5. The summed E-state index contributed by atoms with van der Waals surface area (Å²) in [4.78, 5) is 24.6. The highest BCUT2D eigenvalue weighted by Gasteiger charge is 2.38. The number of rotatable bonds is 6. The van der Waals surface area contributed by atoms with Crippen molar-refractivity contribution in [2.24, 2.45) is 11.1 Å². The molecule has 1 amide bonds. The number of carbonyl (C=O) groups excluding carboxylic acids is 2. The average Bonchev–Trinajstić information content (AvgIpc) is 2.87. The highest BCUT2D eigenvalue weighted by molar-refractivity contribution is 7.80. The normalized spacial score (nSPS) is 10.9. The first kappa shape index (κ1) is 16.6. The van der Waals surface area contributed by atoms with Gasteiger partial charge in [0.05, 0.1) is 23.2 Å². The van der Waals surface area contributed by atoms with Crippen LogP contribution in [0.3, 0.4) is 0 Å². The van der Waals surface area contributed by atoms with Crippen molar-refractivity contribution in [3.8, 4) is 0 Å². The number of esters is 1. The van der Waals surface area contributed by atoms with Gasteiger partial charge in [0.15, 0.2) is 0 Å². The Morgan fingerprint density at radius 2 is 2.05 bits per heavy atom. The van der Waals surface area contributed by atoms with Crippen LogP contribution in [0.1, 0.15) is 36.4 Å². The van der Waals surface area contributed by atoms with Crippen molar-refractivity contribution >= 4 is 46.1 Å². The third-order valence-electron chi connectivity index (χ3n) is 3.40. The first-order valence-corrected chi connectivity index (χ1v) is 7.48. The minimum Gasteiger partial charge on any atom is -0.465 e. The summed E-state index contributed by atoms with van der Waals surface area (Å²) in [5.41, 5.74) is 5.26. The first-order valence-electron chi connectivity index (χ1n) is 6.20. The molecular formula is C13H18N2O3S2. The number of methoxy groups -OCH3 is 1. The topological polar surface area (TPSA) is 81.4 Å². The van der Waals surface area contributed by atoms with Crippen molar-refractivity contribution in [1.29, 1.82) is 0 Å². The third-order valence-corrected chi connectivity index (χ3v) is 4.68. The second-order valence-corrected chi connectivity index (χ2v) is 5.62. The molecule has 0 atom stereocenters. The van der Waals surface area contributed by atoms with Crippen molar-refractivity contribution in [2.75, 3.05) is 12.4 Å². The monoisotopic (exact) mass is 314 g/mol. The summed E-state index contributed by atoms with van der Waals surface area (Å²) in [6, 6.07) is 1.66. The SMILES string of the molecule is CCC(CC)(C(=O)Nc1ccsc1C(=O)OC)C(N)=S. The van der Waals surface area contributed by atoms with Crippen molar-refractivity contribution in [2.45, 2.75) is 26.7 Å². The molecule has 1 aromatic rings. The summed E-state index contributed by atoms with van der Waals surface area (Å²) in [6.07, 6.45) is 1.00. The smallest absolute Gasteiger partial charge is 0.350 e. The van der Waals surface area contributed by atoms with E-state index in [-0.39, 0.29) is 10.9 Å². The van der Waals surface area contributed by atoms with E-state index in [1.54, 1.807) is 11.4 Å². The van der Waals surface area contributed by atoms with Gasteiger partial charge < -0.3 is 15.8 Å². The summed E-state index contributed by atoms with van der Waals surface area (Å²) in [5, 5.41) is 4.44. The Balaban J connectivity index is 3.04. The van der Waals surface area contributed by atoms with E-state index in [1.165, 1.54) is 18.4 Å². The Morgan fingerprint density at radius 1 is 1.45 bits per heavy atom. The van der Waals surface area contributed by atoms with Crippen molar-refractivity contribution in [3.63, 3.8) is 0 Å². The molecule has 0 aliphatic rings. The molecule has 0 fully saturated rings. The number of nitrogens with one attached hydrogen (secondary N) is 1. The molecule has 0 aromatic carbocycles. The van der Waals surface area contributed by atoms with Gasteiger partial charge in [-0.1, -0.05) is 26.1 Å². The van der Waals surface area contributed by atoms with Crippen molar-refractivity contribution < 1.29 is 14.3 Å². The molecule has 0 saturated carbocycles. The number of hydrogen-bond donors (Lipinski definition) is 2. The number of nitrogens with two attached hydrogens (primary N) is 1. The number of hydrogen-bond acceptors (Lipinski definition) is 5. The van der Waals surface area contributed by atoms with Crippen LogP contribution in [-0.4, -0.2) is 24.0 Å². The molecule has 0 aliphatic carbocycles. The molecule has 1 heterocycles. The van der Waals surface area contributed by atoms with E-state index in [1.807, 2.05) is 13.8 Å². The number of amides is 1. The van der Waals surface area contributed by atoms with Gasteiger partial charge in [0.1, 0.15) is 4.88 Å². The van der Waals surface area contributed by atoms with Crippen LogP contribution in [0.15, 0.2) is 11.4 Å². The maximum absolute atomic E-state index is 12.5. The predicted molar refractivity (Wildman–Crippen MR) is 84.1 cm³/mol. The van der Waals surface area contributed by atoms with Gasteiger partial charge in [0.25, 0.3) is 0 Å². The Hall–Kier alpha value is -1.47. The maximum Gasteiger partial charge on any atom is 0.350 e. The van der Waals surface area contributed by atoms with Crippen molar-refractivity contribution in [3.05, 3.63) is 16.3 Å². The van der Waals surface area contributed by atoms with Crippen molar-refractivity contribution in [1.82, 2.24) is 0 Å². The van der Waals surface area contributed by atoms with Crippen LogP contribution in [0.5, 0.6) is 0 Å². The molecule has 7 heteroatoms. The zero-order valence-corrected chi connectivity index (χ0v) is 13.3. The molecule has 110 valence electrons. The second kappa shape index (κ2) is 6.81. The molecule has 0 unspecified atom stereocenters. The van der Waals surface area contributed by atoms with Crippen LogP contribution >= 0.6 is 23.6 Å². The molecule has 0 spiro atoms. The van der Waals surface area contributed by atoms with Crippen LogP contribution in [0.25, 0.3) is 0 Å². The summed E-state index contributed by atoms with van der Waals surface area (Å²) in [7, 11) is 1.30. The number of carbonyl (C=O) groups is 2. The number of thiophene rings is 1. The fourth-order valence-corrected chi connectivity index (χ4v) is 3.08. The first-order chi connectivity index (χ1) is 9.42. The quantitative estimate of drug-likeness (QED) is 0.623. The molecule has 0 bridgehead atoms. The van der Waals surface area contributed by atoms with Gasteiger partial charge in [-0.25, -0.2) is 4.79 Å². The molecule has 1 rings (SSSR count). The van der Waals surface area contributed by atoms with E-state index in [0.29, 0.717) is 23.4 Å². The Labute approximate surface area is 127 Å². The third kappa shape index (κ3) is 2.99. The predicted octanol–water partition coefficient (Wildman–Crippen LogP) is 2.57. The lowest BCUT2D eigenvalue weighted by Gasteiger charge is -2.28. The fourth-order valence-electron chi connectivity index (χ4n) is 1.93. The number of thiocarbonyl (C=S) groups is 1. The van der Waals surface area contributed by atoms with E-state index < -0.39 is 11.4 Å². The molecule has 5 nitrogen and oxygen atoms in total. The van der Waals surface area contributed by atoms with E-state index in [0.717, 1.165) is 0 Å². The molecule has 0 saturated heterocycles. The Bertz CT molecular complexity index is 521. The van der Waals surface area contributed by atoms with E-state index in [9.17, 15) is 9.59 Å². The second-order valence-electron chi connectivity index (χ2n) is 4.26. The zero-order valence-electron chi connectivity index (χ0n) is 11.7. The van der Waals surface area contributed by atoms with E-state index >= 15 is 0 Å². The van der Waals surface area contributed by atoms with E-state index in [2.05, 4.69) is 10.1 Å². The standard InChI is InChI=1S/C13H18N2O3S2/c1-4-13(5-2,11(14)19)12(17)15-8-6-7-20-9(8)10(16)18-3/h6-7H,4-5H2,1-3H3,(H2,14,19)(H,15,17). The highest BCUT2D eigenvalue weighted by Crippen LogP contribution is 2.31. The van der Waals surface area contributed by atoms with Crippen LogP contribution in [0.4, 0.5) is 5.69 Å². The number of ether oxygens (including phenoxy) is 1. The molecule has 20 heavy (non-hydrogen) atoms. The van der Waals surface area contributed by atoms with Gasteiger partial charge in [0.2, 0.25) is 5.91 Å². The minimum absolute atomic E-state index is 0.162. The van der Waals surface area contributed by atoms with Crippen LogP contribution in [0.2, 0.25) is 0 Å². The fraction of sp³-hybridized carbons (Fsp3) is 0.462. The summed E-state index contributed by atoms with van der Waals surface area (Å²) in [5.74, 6) is -0.775. The van der Waals surface area contributed by atoms with E-state index in [4.69, 9.17) is 18.0 Å². The largest absolute Gasteiger partial charge is 0.465 e. The molecular weight excluding hydrogens is 296 g/mol. The zero-order chi connectivity index (χ0) is 15.3.